The molecule has 0 radical (unpaired) electrons. The molecule has 1 N–H and O–H groups in total. The molecule has 1 heterocycles. The molecule has 0 aliphatic carbocycles. The van der Waals surface area contributed by atoms with Gasteiger partial charge in [-0.2, -0.15) is 11.8 Å². The Morgan fingerprint density at radius 3 is 2.90 bits per heavy atom. The molecule has 1 aromatic carbocycles. The second-order valence-corrected chi connectivity index (χ2v) is 6.59. The van der Waals surface area contributed by atoms with Gasteiger partial charge in [0, 0.05) is 6.54 Å². The van der Waals surface area contributed by atoms with Crippen LogP contribution < -0.4 is 0 Å². The molecule has 6 heteroatoms. The second kappa shape index (κ2) is 7.04. The van der Waals surface area contributed by atoms with Crippen molar-refractivity contribution in [2.24, 2.45) is 5.92 Å². The molecule has 0 aliphatic heterocycles. The van der Waals surface area contributed by atoms with E-state index in [1.165, 1.54) is 11.8 Å². The van der Waals surface area contributed by atoms with Crippen LogP contribution in [0.25, 0.3) is 11.0 Å². The summed E-state index contributed by atoms with van der Waals surface area (Å²) in [5.41, 5.74) is 2.00. The molecular formula is C14H18N2O2S2. The quantitative estimate of drug-likeness (QED) is 0.796. The van der Waals surface area contributed by atoms with E-state index < -0.39 is 5.97 Å². The van der Waals surface area contributed by atoms with Crippen molar-refractivity contribution in [3.63, 3.8) is 0 Å². The van der Waals surface area contributed by atoms with Crippen LogP contribution in [0.3, 0.4) is 0 Å². The first-order valence-electron chi connectivity index (χ1n) is 6.40. The van der Waals surface area contributed by atoms with E-state index in [1.807, 2.05) is 36.0 Å². The summed E-state index contributed by atoms with van der Waals surface area (Å²) in [5, 5.41) is 9.64. The van der Waals surface area contributed by atoms with Gasteiger partial charge in [-0.1, -0.05) is 30.8 Å². The Morgan fingerprint density at radius 2 is 2.20 bits per heavy atom. The fourth-order valence-electron chi connectivity index (χ4n) is 2.12. The summed E-state index contributed by atoms with van der Waals surface area (Å²) < 4.78 is 2.14. The number of carboxylic acids is 1. The Bertz CT molecular complexity index is 598. The number of rotatable bonds is 7. The third kappa shape index (κ3) is 3.70. The lowest BCUT2D eigenvalue weighted by molar-refractivity contribution is -0.133. The van der Waals surface area contributed by atoms with Crippen LogP contribution in [0, 0.1) is 5.92 Å². The lowest BCUT2D eigenvalue weighted by Crippen LogP contribution is -2.11. The number of nitrogens with zero attached hydrogens (tertiary/aromatic N) is 2. The number of imidazole rings is 1. The highest BCUT2D eigenvalue weighted by Gasteiger charge is 2.14. The first-order valence-corrected chi connectivity index (χ1v) is 8.78. The minimum atomic E-state index is -0.814. The van der Waals surface area contributed by atoms with Crippen molar-refractivity contribution in [2.45, 2.75) is 18.6 Å². The summed E-state index contributed by atoms with van der Waals surface area (Å²) >= 11 is 3.11. The zero-order valence-electron chi connectivity index (χ0n) is 11.6. The van der Waals surface area contributed by atoms with Gasteiger partial charge in [-0.05, 0) is 30.1 Å². The third-order valence-electron chi connectivity index (χ3n) is 2.89. The summed E-state index contributed by atoms with van der Waals surface area (Å²) in [5.74, 6) is 0.827. The van der Waals surface area contributed by atoms with E-state index in [4.69, 9.17) is 5.11 Å². The Morgan fingerprint density at radius 1 is 1.45 bits per heavy atom. The van der Waals surface area contributed by atoms with Crippen LogP contribution in [-0.4, -0.2) is 38.4 Å². The summed E-state index contributed by atoms with van der Waals surface area (Å²) in [4.78, 5) is 15.3. The van der Waals surface area contributed by atoms with Crippen LogP contribution in [0.1, 0.15) is 6.92 Å². The van der Waals surface area contributed by atoms with Gasteiger partial charge in [-0.25, -0.2) is 4.98 Å². The van der Waals surface area contributed by atoms with E-state index in [-0.39, 0.29) is 5.75 Å². The maximum Gasteiger partial charge on any atom is 0.313 e. The van der Waals surface area contributed by atoms with Gasteiger partial charge < -0.3 is 9.67 Å². The number of para-hydroxylation sites is 2. The molecule has 0 bridgehead atoms. The summed E-state index contributed by atoms with van der Waals surface area (Å²) in [7, 11) is 0. The van der Waals surface area contributed by atoms with Gasteiger partial charge >= 0.3 is 5.97 Å². The van der Waals surface area contributed by atoms with E-state index in [0.29, 0.717) is 5.92 Å². The smallest absolute Gasteiger partial charge is 0.313 e. The normalized spacial score (nSPS) is 12.7. The van der Waals surface area contributed by atoms with Crippen LogP contribution in [0.5, 0.6) is 0 Å². The monoisotopic (exact) mass is 310 g/mol. The largest absolute Gasteiger partial charge is 0.481 e. The Hall–Kier alpha value is -1.14. The topological polar surface area (TPSA) is 55.1 Å². The molecule has 0 saturated carbocycles. The molecule has 4 nitrogen and oxygen atoms in total. The molecular weight excluding hydrogens is 292 g/mol. The molecule has 0 aliphatic rings. The van der Waals surface area contributed by atoms with Crippen LogP contribution >= 0.6 is 23.5 Å². The highest BCUT2D eigenvalue weighted by Crippen LogP contribution is 2.25. The molecule has 108 valence electrons. The molecule has 0 spiro atoms. The van der Waals surface area contributed by atoms with Gasteiger partial charge in [0.2, 0.25) is 0 Å². The molecule has 2 rings (SSSR count). The van der Waals surface area contributed by atoms with Crippen LogP contribution in [0.4, 0.5) is 0 Å². The molecule has 20 heavy (non-hydrogen) atoms. The van der Waals surface area contributed by atoms with Crippen molar-refractivity contribution in [1.29, 1.82) is 0 Å². The zero-order chi connectivity index (χ0) is 14.5. The van der Waals surface area contributed by atoms with Crippen LogP contribution in [-0.2, 0) is 11.3 Å². The first-order chi connectivity index (χ1) is 9.61. The minimum absolute atomic E-state index is 0.0419. The Kier molecular flexibility index (Phi) is 5.37. The van der Waals surface area contributed by atoms with Gasteiger partial charge in [0.15, 0.2) is 5.16 Å². The number of benzene rings is 1. The van der Waals surface area contributed by atoms with E-state index in [1.54, 1.807) is 0 Å². The average molecular weight is 310 g/mol. The highest BCUT2D eigenvalue weighted by molar-refractivity contribution is 7.99. The first kappa shape index (κ1) is 15.3. The Labute approximate surface area is 127 Å². The highest BCUT2D eigenvalue weighted by atomic mass is 32.2. The number of thioether (sulfide) groups is 2. The predicted molar refractivity (Wildman–Crippen MR) is 85.6 cm³/mol. The lowest BCUT2D eigenvalue weighted by Gasteiger charge is -2.13. The Balaban J connectivity index is 2.31. The van der Waals surface area contributed by atoms with Crippen molar-refractivity contribution < 1.29 is 9.90 Å². The van der Waals surface area contributed by atoms with Gasteiger partial charge in [-0.3, -0.25) is 4.79 Å². The van der Waals surface area contributed by atoms with Crippen molar-refractivity contribution in [1.82, 2.24) is 9.55 Å². The number of hydrogen-bond acceptors (Lipinski definition) is 4. The second-order valence-electron chi connectivity index (χ2n) is 4.74. The summed E-state index contributed by atoms with van der Waals surface area (Å²) in [6.07, 6.45) is 2.10. The average Bonchev–Trinajstić information content (AvgIpc) is 2.75. The molecule has 0 saturated heterocycles. The number of hydrogen-bond donors (Lipinski definition) is 1. The van der Waals surface area contributed by atoms with Gasteiger partial charge in [-0.15, -0.1) is 0 Å². The van der Waals surface area contributed by atoms with Crippen molar-refractivity contribution in [2.75, 3.05) is 17.8 Å². The van der Waals surface area contributed by atoms with E-state index in [2.05, 4.69) is 22.7 Å². The number of aliphatic carboxylic acids is 1. The maximum atomic E-state index is 10.8. The van der Waals surface area contributed by atoms with Crippen molar-refractivity contribution >= 4 is 40.5 Å². The van der Waals surface area contributed by atoms with E-state index in [9.17, 15) is 4.79 Å². The molecule has 1 atom stereocenters. The zero-order valence-corrected chi connectivity index (χ0v) is 13.2. The maximum absolute atomic E-state index is 10.8. The number of fused-ring (bicyclic) bond motifs is 1. The lowest BCUT2D eigenvalue weighted by atomic mass is 10.2. The van der Waals surface area contributed by atoms with Crippen LogP contribution in [0.2, 0.25) is 0 Å². The fourth-order valence-corrected chi connectivity index (χ4v) is 3.53. The molecule has 2 aromatic rings. The SMILES string of the molecule is CSCC(C)Cn1c(SCC(=O)O)nc2ccccc21. The van der Waals surface area contributed by atoms with E-state index >= 15 is 0 Å². The predicted octanol–water partition coefficient (Wildman–Crippen LogP) is 3.21. The van der Waals surface area contributed by atoms with Crippen molar-refractivity contribution in [3.8, 4) is 0 Å². The number of aromatic nitrogens is 2. The standard InChI is InChI=1S/C14H18N2O2S2/c1-10(8-19-2)7-16-12-6-4-3-5-11(12)15-14(16)20-9-13(17)18/h3-6,10H,7-9H2,1-2H3,(H,17,18). The van der Waals surface area contributed by atoms with E-state index in [0.717, 1.165) is 28.5 Å². The fraction of sp³-hybridized carbons (Fsp3) is 0.429. The van der Waals surface area contributed by atoms with Crippen LogP contribution in [0.15, 0.2) is 29.4 Å². The number of carbonyl (C=O) groups is 1. The van der Waals surface area contributed by atoms with Gasteiger partial charge in [0.1, 0.15) is 0 Å². The molecule has 1 aromatic heterocycles. The summed E-state index contributed by atoms with van der Waals surface area (Å²) in [6.45, 7) is 3.07. The number of carboxylic acid groups (broad SMARTS) is 1. The molecule has 0 fully saturated rings. The summed E-state index contributed by atoms with van der Waals surface area (Å²) in [6, 6.07) is 7.96. The van der Waals surface area contributed by atoms with Crippen molar-refractivity contribution in [3.05, 3.63) is 24.3 Å². The van der Waals surface area contributed by atoms with Gasteiger partial charge in [0.25, 0.3) is 0 Å². The molecule has 0 amide bonds. The van der Waals surface area contributed by atoms with Gasteiger partial charge in [0.05, 0.1) is 16.8 Å². The minimum Gasteiger partial charge on any atom is -0.481 e. The third-order valence-corrected chi connectivity index (χ3v) is 4.75. The molecule has 1 unspecified atom stereocenters.